The Morgan fingerprint density at radius 3 is 2.91 bits per heavy atom. The number of hydrogen-bond donors (Lipinski definition) is 1. The number of amides is 1. The van der Waals surface area contributed by atoms with Gasteiger partial charge in [-0.2, -0.15) is 0 Å². The molecule has 5 nitrogen and oxygen atoms in total. The van der Waals surface area contributed by atoms with Gasteiger partial charge in [0.25, 0.3) is 0 Å². The van der Waals surface area contributed by atoms with E-state index in [0.29, 0.717) is 24.7 Å². The van der Waals surface area contributed by atoms with Crippen LogP contribution in [0.2, 0.25) is 0 Å². The number of rotatable bonds is 8. The molecule has 128 valence electrons. The highest BCUT2D eigenvalue weighted by molar-refractivity contribution is 5.78. The van der Waals surface area contributed by atoms with Crippen LogP contribution in [0.5, 0.6) is 11.5 Å². The molecule has 1 saturated heterocycles. The van der Waals surface area contributed by atoms with Crippen molar-refractivity contribution in [3.05, 3.63) is 23.8 Å². The van der Waals surface area contributed by atoms with Crippen LogP contribution in [0.4, 0.5) is 0 Å². The second-order valence-electron chi connectivity index (χ2n) is 5.96. The summed E-state index contributed by atoms with van der Waals surface area (Å²) in [6.07, 6.45) is 3.15. The van der Waals surface area contributed by atoms with Gasteiger partial charge in [-0.05, 0) is 37.0 Å². The van der Waals surface area contributed by atoms with Gasteiger partial charge in [-0.25, -0.2) is 0 Å². The lowest BCUT2D eigenvalue weighted by molar-refractivity contribution is -0.124. The predicted octanol–water partition coefficient (Wildman–Crippen LogP) is 2.92. The Morgan fingerprint density at radius 1 is 1.43 bits per heavy atom. The summed E-state index contributed by atoms with van der Waals surface area (Å²) in [6.45, 7) is 5.79. The van der Waals surface area contributed by atoms with E-state index in [0.717, 1.165) is 31.4 Å². The van der Waals surface area contributed by atoms with Gasteiger partial charge < -0.3 is 19.5 Å². The third kappa shape index (κ3) is 5.13. The first kappa shape index (κ1) is 17.6. The molecule has 1 N–H and O–H groups in total. The number of nitrogens with one attached hydrogen (secondary N) is 1. The minimum absolute atomic E-state index is 0.0333. The molecule has 0 bridgehead atoms. The van der Waals surface area contributed by atoms with Crippen molar-refractivity contribution in [2.75, 3.05) is 20.3 Å². The van der Waals surface area contributed by atoms with Crippen LogP contribution < -0.4 is 14.8 Å². The van der Waals surface area contributed by atoms with Crippen LogP contribution >= 0.6 is 0 Å². The molecule has 2 atom stereocenters. The van der Waals surface area contributed by atoms with Crippen molar-refractivity contribution >= 4 is 5.91 Å². The van der Waals surface area contributed by atoms with Crippen molar-refractivity contribution < 1.29 is 19.0 Å². The fourth-order valence-corrected chi connectivity index (χ4v) is 2.45. The second-order valence-corrected chi connectivity index (χ2v) is 5.96. The fourth-order valence-electron chi connectivity index (χ4n) is 2.45. The molecule has 0 aromatic heterocycles. The van der Waals surface area contributed by atoms with Gasteiger partial charge in [0, 0.05) is 19.1 Å². The van der Waals surface area contributed by atoms with Gasteiger partial charge in [-0.15, -0.1) is 0 Å². The van der Waals surface area contributed by atoms with Gasteiger partial charge in [0.1, 0.15) is 6.61 Å². The van der Waals surface area contributed by atoms with Gasteiger partial charge in [-0.1, -0.05) is 19.9 Å². The molecular weight excluding hydrogens is 294 g/mol. The molecule has 0 aliphatic carbocycles. The largest absolute Gasteiger partial charge is 0.493 e. The van der Waals surface area contributed by atoms with Gasteiger partial charge in [0.2, 0.25) is 5.91 Å². The average Bonchev–Trinajstić information content (AvgIpc) is 3.10. The molecule has 5 heteroatoms. The maximum atomic E-state index is 11.8. The van der Waals surface area contributed by atoms with Crippen LogP contribution in [-0.4, -0.2) is 32.3 Å². The summed E-state index contributed by atoms with van der Waals surface area (Å²) in [5.74, 6) is 1.49. The van der Waals surface area contributed by atoms with E-state index in [4.69, 9.17) is 14.2 Å². The van der Waals surface area contributed by atoms with Gasteiger partial charge in [-0.3, -0.25) is 4.79 Å². The van der Waals surface area contributed by atoms with Crippen LogP contribution in [0, 0.1) is 5.92 Å². The molecule has 1 aromatic carbocycles. The summed E-state index contributed by atoms with van der Waals surface area (Å²) in [6, 6.07) is 5.74. The standard InChI is InChI=1S/C18H27NO4/c1-4-13(2)18(20)19-11-14-7-8-16(17(10-14)21-3)23-12-15-6-5-9-22-15/h7-8,10,13,15H,4-6,9,11-12H2,1-3H3,(H,19,20)/t13-,15-/m0/s1. The number of methoxy groups -OCH3 is 1. The van der Waals surface area contributed by atoms with Crippen molar-refractivity contribution in [1.29, 1.82) is 0 Å². The van der Waals surface area contributed by atoms with E-state index in [-0.39, 0.29) is 17.9 Å². The number of benzene rings is 1. The Hall–Kier alpha value is -1.75. The number of ether oxygens (including phenoxy) is 3. The topological polar surface area (TPSA) is 56.8 Å². The van der Waals surface area contributed by atoms with Crippen molar-refractivity contribution in [3.8, 4) is 11.5 Å². The minimum Gasteiger partial charge on any atom is -0.493 e. The summed E-state index contributed by atoms with van der Waals surface area (Å²) in [7, 11) is 1.62. The Labute approximate surface area is 138 Å². The van der Waals surface area contributed by atoms with Crippen molar-refractivity contribution in [3.63, 3.8) is 0 Å². The smallest absolute Gasteiger partial charge is 0.223 e. The van der Waals surface area contributed by atoms with Crippen molar-refractivity contribution in [2.24, 2.45) is 5.92 Å². The van der Waals surface area contributed by atoms with Crippen LogP contribution in [0.3, 0.4) is 0 Å². The zero-order chi connectivity index (χ0) is 16.7. The highest BCUT2D eigenvalue weighted by Gasteiger charge is 2.17. The molecule has 0 unspecified atom stereocenters. The third-order valence-electron chi connectivity index (χ3n) is 4.20. The Morgan fingerprint density at radius 2 is 2.26 bits per heavy atom. The molecule has 23 heavy (non-hydrogen) atoms. The Balaban J connectivity index is 1.91. The van der Waals surface area contributed by atoms with E-state index >= 15 is 0 Å². The zero-order valence-electron chi connectivity index (χ0n) is 14.3. The SMILES string of the molecule is CC[C@H](C)C(=O)NCc1ccc(OC[C@@H]2CCCO2)c(OC)c1. The highest BCUT2D eigenvalue weighted by atomic mass is 16.5. The predicted molar refractivity (Wildman–Crippen MR) is 88.8 cm³/mol. The zero-order valence-corrected chi connectivity index (χ0v) is 14.3. The lowest BCUT2D eigenvalue weighted by Crippen LogP contribution is -2.28. The van der Waals surface area contributed by atoms with Crippen LogP contribution in [0.15, 0.2) is 18.2 Å². The molecule has 0 saturated carbocycles. The summed E-state index contributed by atoms with van der Waals surface area (Å²) in [5, 5.41) is 2.94. The van der Waals surface area contributed by atoms with Crippen molar-refractivity contribution in [2.45, 2.75) is 45.8 Å². The Kier molecular flexibility index (Phi) is 6.71. The third-order valence-corrected chi connectivity index (χ3v) is 4.20. The maximum Gasteiger partial charge on any atom is 0.223 e. The summed E-state index contributed by atoms with van der Waals surface area (Å²) < 4.78 is 16.8. The molecule has 2 rings (SSSR count). The lowest BCUT2D eigenvalue weighted by atomic mass is 10.1. The molecule has 0 spiro atoms. The summed E-state index contributed by atoms with van der Waals surface area (Å²) >= 11 is 0. The monoisotopic (exact) mass is 321 g/mol. The van der Waals surface area contributed by atoms with Crippen LogP contribution in [0.1, 0.15) is 38.7 Å². The van der Waals surface area contributed by atoms with E-state index in [9.17, 15) is 4.79 Å². The summed E-state index contributed by atoms with van der Waals surface area (Å²) in [5.41, 5.74) is 0.989. The molecule has 1 aliphatic heterocycles. The van der Waals surface area contributed by atoms with Gasteiger partial charge in [0.05, 0.1) is 13.2 Å². The highest BCUT2D eigenvalue weighted by Crippen LogP contribution is 2.29. The average molecular weight is 321 g/mol. The maximum absolute atomic E-state index is 11.8. The normalized spacial score (nSPS) is 18.5. The van der Waals surface area contributed by atoms with Crippen LogP contribution in [-0.2, 0) is 16.1 Å². The van der Waals surface area contributed by atoms with E-state index in [2.05, 4.69) is 5.32 Å². The van der Waals surface area contributed by atoms with E-state index < -0.39 is 0 Å². The molecule has 1 fully saturated rings. The van der Waals surface area contributed by atoms with Crippen LogP contribution in [0.25, 0.3) is 0 Å². The quantitative estimate of drug-likeness (QED) is 0.800. The first-order chi connectivity index (χ1) is 11.1. The Bertz CT molecular complexity index is 512. The summed E-state index contributed by atoms with van der Waals surface area (Å²) in [4.78, 5) is 11.8. The van der Waals surface area contributed by atoms with E-state index in [1.807, 2.05) is 32.0 Å². The molecule has 1 aromatic rings. The molecule has 0 radical (unpaired) electrons. The lowest BCUT2D eigenvalue weighted by Gasteiger charge is -2.15. The van der Waals surface area contributed by atoms with Gasteiger partial charge >= 0.3 is 0 Å². The number of carbonyl (C=O) groups is 1. The van der Waals surface area contributed by atoms with Gasteiger partial charge in [0.15, 0.2) is 11.5 Å². The molecule has 1 aliphatic rings. The number of hydrogen-bond acceptors (Lipinski definition) is 4. The van der Waals surface area contributed by atoms with Crippen molar-refractivity contribution in [1.82, 2.24) is 5.32 Å². The molecule has 1 heterocycles. The molecule has 1 amide bonds. The first-order valence-corrected chi connectivity index (χ1v) is 8.33. The fraction of sp³-hybridized carbons (Fsp3) is 0.611. The molecular formula is C18H27NO4. The minimum atomic E-state index is 0.0333. The van der Waals surface area contributed by atoms with E-state index in [1.165, 1.54) is 0 Å². The second kappa shape index (κ2) is 8.77. The first-order valence-electron chi connectivity index (χ1n) is 8.33. The number of carbonyl (C=O) groups excluding carboxylic acids is 1. The van der Waals surface area contributed by atoms with E-state index in [1.54, 1.807) is 7.11 Å².